The lowest BCUT2D eigenvalue weighted by atomic mass is 9.96. The Kier molecular flexibility index (Phi) is 6.11. The number of carbonyl (C=O) groups is 1. The van der Waals surface area contributed by atoms with Gasteiger partial charge in [0.25, 0.3) is 0 Å². The molecular weight excluding hydrogens is 238 g/mol. The summed E-state index contributed by atoms with van der Waals surface area (Å²) in [5.41, 5.74) is 0. The molecule has 1 atom stereocenters. The Morgan fingerprint density at radius 2 is 2.11 bits per heavy atom. The molecule has 0 aromatic rings. The molecule has 2 N–H and O–H groups in total. The predicted octanol–water partition coefficient (Wildman–Crippen LogP) is 1.22. The number of amides is 1. The van der Waals surface area contributed by atoms with Crippen LogP contribution in [0.1, 0.15) is 39.0 Å². The van der Waals surface area contributed by atoms with Crippen molar-refractivity contribution in [3.8, 4) is 0 Å². The molecule has 1 amide bonds. The molecule has 0 aliphatic carbocycles. The molecule has 4 nitrogen and oxygen atoms in total. The summed E-state index contributed by atoms with van der Waals surface area (Å²) in [4.78, 5) is 14.3. The van der Waals surface area contributed by atoms with Gasteiger partial charge < -0.3 is 15.5 Å². The van der Waals surface area contributed by atoms with Crippen molar-refractivity contribution < 1.29 is 4.79 Å². The molecule has 19 heavy (non-hydrogen) atoms. The van der Waals surface area contributed by atoms with Crippen molar-refractivity contribution in [1.29, 1.82) is 0 Å². The molecule has 0 spiro atoms. The minimum Gasteiger partial charge on any atom is -0.355 e. The largest absolute Gasteiger partial charge is 0.355 e. The summed E-state index contributed by atoms with van der Waals surface area (Å²) in [5.74, 6) is 1.66. The molecule has 0 aromatic carbocycles. The van der Waals surface area contributed by atoms with Crippen LogP contribution in [-0.4, -0.2) is 50.1 Å². The number of likely N-dealkylation sites (tertiary alicyclic amines) is 1. The Morgan fingerprint density at radius 1 is 1.32 bits per heavy atom. The third-order valence-electron chi connectivity index (χ3n) is 4.50. The van der Waals surface area contributed by atoms with Gasteiger partial charge in [-0.3, -0.25) is 4.79 Å². The highest BCUT2D eigenvalue weighted by Crippen LogP contribution is 2.15. The second kappa shape index (κ2) is 7.85. The fourth-order valence-corrected chi connectivity index (χ4v) is 3.07. The standard InChI is InChI=1S/C15H29N3O/c1-13-4-8-18(9-5-13)10-7-17-15(19)11-14-3-2-6-16-12-14/h13-14,16H,2-12H2,1H3,(H,17,19). The summed E-state index contributed by atoms with van der Waals surface area (Å²) < 4.78 is 0. The van der Waals surface area contributed by atoms with Gasteiger partial charge in [0.2, 0.25) is 5.91 Å². The van der Waals surface area contributed by atoms with Gasteiger partial charge in [0.1, 0.15) is 0 Å². The van der Waals surface area contributed by atoms with Crippen molar-refractivity contribution in [3.05, 3.63) is 0 Å². The summed E-state index contributed by atoms with van der Waals surface area (Å²) in [6.07, 6.45) is 5.72. The number of hydrogen-bond donors (Lipinski definition) is 2. The van der Waals surface area contributed by atoms with E-state index < -0.39 is 0 Å². The normalized spacial score (nSPS) is 26.3. The van der Waals surface area contributed by atoms with Crippen LogP contribution in [0.4, 0.5) is 0 Å². The summed E-state index contributed by atoms with van der Waals surface area (Å²) in [6.45, 7) is 8.68. The molecule has 2 rings (SSSR count). The van der Waals surface area contributed by atoms with E-state index in [1.54, 1.807) is 0 Å². The van der Waals surface area contributed by atoms with Gasteiger partial charge in [-0.25, -0.2) is 0 Å². The van der Waals surface area contributed by atoms with Gasteiger partial charge >= 0.3 is 0 Å². The first kappa shape index (κ1) is 14.8. The smallest absolute Gasteiger partial charge is 0.220 e. The molecule has 2 saturated heterocycles. The zero-order chi connectivity index (χ0) is 13.5. The van der Waals surface area contributed by atoms with Crippen LogP contribution in [0.25, 0.3) is 0 Å². The summed E-state index contributed by atoms with van der Waals surface area (Å²) in [6, 6.07) is 0. The van der Waals surface area contributed by atoms with Gasteiger partial charge in [0.15, 0.2) is 0 Å². The minimum atomic E-state index is 0.235. The first-order valence-electron chi connectivity index (χ1n) is 7.94. The minimum absolute atomic E-state index is 0.235. The van der Waals surface area contributed by atoms with Crippen molar-refractivity contribution in [2.45, 2.75) is 39.0 Å². The van der Waals surface area contributed by atoms with Gasteiger partial charge in [0, 0.05) is 19.5 Å². The number of hydrogen-bond acceptors (Lipinski definition) is 3. The number of carbonyl (C=O) groups excluding carboxylic acids is 1. The first-order chi connectivity index (χ1) is 9.24. The van der Waals surface area contributed by atoms with Crippen molar-refractivity contribution >= 4 is 5.91 Å². The van der Waals surface area contributed by atoms with Gasteiger partial charge in [-0.15, -0.1) is 0 Å². The van der Waals surface area contributed by atoms with E-state index in [1.807, 2.05) is 0 Å². The molecule has 2 heterocycles. The molecule has 2 fully saturated rings. The van der Waals surface area contributed by atoms with Gasteiger partial charge in [-0.05, 0) is 63.7 Å². The molecule has 1 unspecified atom stereocenters. The summed E-state index contributed by atoms with van der Waals surface area (Å²) >= 11 is 0. The maximum absolute atomic E-state index is 11.8. The quantitative estimate of drug-likeness (QED) is 0.787. The zero-order valence-electron chi connectivity index (χ0n) is 12.3. The zero-order valence-corrected chi connectivity index (χ0v) is 12.3. The maximum atomic E-state index is 11.8. The molecule has 0 aromatic heterocycles. The molecule has 0 radical (unpaired) electrons. The summed E-state index contributed by atoms with van der Waals surface area (Å²) in [7, 11) is 0. The first-order valence-corrected chi connectivity index (χ1v) is 7.94. The van der Waals surface area contributed by atoms with E-state index in [2.05, 4.69) is 22.5 Å². The molecule has 110 valence electrons. The molecule has 2 aliphatic rings. The lowest BCUT2D eigenvalue weighted by Gasteiger charge is -2.30. The predicted molar refractivity (Wildman–Crippen MR) is 78.1 cm³/mol. The lowest BCUT2D eigenvalue weighted by molar-refractivity contribution is -0.122. The number of nitrogens with zero attached hydrogens (tertiary/aromatic N) is 1. The van der Waals surface area contributed by atoms with Crippen LogP contribution in [-0.2, 0) is 4.79 Å². The van der Waals surface area contributed by atoms with E-state index in [-0.39, 0.29) is 5.91 Å². The number of piperidine rings is 2. The summed E-state index contributed by atoms with van der Waals surface area (Å²) in [5, 5.41) is 6.44. The Morgan fingerprint density at radius 3 is 2.79 bits per heavy atom. The maximum Gasteiger partial charge on any atom is 0.220 e. The number of nitrogens with one attached hydrogen (secondary N) is 2. The van der Waals surface area contributed by atoms with E-state index in [1.165, 1.54) is 38.8 Å². The average Bonchev–Trinajstić information content (AvgIpc) is 2.42. The van der Waals surface area contributed by atoms with Crippen LogP contribution in [0, 0.1) is 11.8 Å². The van der Waals surface area contributed by atoms with Crippen molar-refractivity contribution in [2.75, 3.05) is 39.3 Å². The number of rotatable bonds is 5. The van der Waals surface area contributed by atoms with Crippen LogP contribution in [0.15, 0.2) is 0 Å². The van der Waals surface area contributed by atoms with Crippen LogP contribution in [0.5, 0.6) is 0 Å². The molecule has 0 bridgehead atoms. The van der Waals surface area contributed by atoms with Crippen LogP contribution < -0.4 is 10.6 Å². The van der Waals surface area contributed by atoms with E-state index in [9.17, 15) is 4.79 Å². The monoisotopic (exact) mass is 267 g/mol. The Hall–Kier alpha value is -0.610. The van der Waals surface area contributed by atoms with Crippen LogP contribution in [0.2, 0.25) is 0 Å². The fraction of sp³-hybridized carbons (Fsp3) is 0.933. The van der Waals surface area contributed by atoms with Crippen molar-refractivity contribution in [2.24, 2.45) is 11.8 Å². The SMILES string of the molecule is CC1CCN(CCNC(=O)CC2CCCNC2)CC1. The molecule has 2 aliphatic heterocycles. The highest BCUT2D eigenvalue weighted by atomic mass is 16.1. The highest BCUT2D eigenvalue weighted by Gasteiger charge is 2.17. The Labute approximate surface area is 117 Å². The van der Waals surface area contributed by atoms with Gasteiger partial charge in [0.05, 0.1) is 0 Å². The van der Waals surface area contributed by atoms with E-state index in [4.69, 9.17) is 0 Å². The second-order valence-corrected chi connectivity index (χ2v) is 6.29. The van der Waals surface area contributed by atoms with Crippen LogP contribution >= 0.6 is 0 Å². The average molecular weight is 267 g/mol. The third kappa shape index (κ3) is 5.49. The van der Waals surface area contributed by atoms with Crippen molar-refractivity contribution in [1.82, 2.24) is 15.5 Å². The topological polar surface area (TPSA) is 44.4 Å². The lowest BCUT2D eigenvalue weighted by Crippen LogP contribution is -2.40. The van der Waals surface area contributed by atoms with E-state index in [0.717, 1.165) is 32.1 Å². The fourth-order valence-electron chi connectivity index (χ4n) is 3.07. The Bertz CT molecular complexity index is 269. The van der Waals surface area contributed by atoms with Crippen LogP contribution in [0.3, 0.4) is 0 Å². The second-order valence-electron chi connectivity index (χ2n) is 6.29. The molecule has 0 saturated carbocycles. The van der Waals surface area contributed by atoms with E-state index >= 15 is 0 Å². The molecular formula is C15H29N3O. The Balaban J connectivity index is 1.53. The van der Waals surface area contributed by atoms with Gasteiger partial charge in [-0.2, -0.15) is 0 Å². The molecule has 4 heteroatoms. The van der Waals surface area contributed by atoms with Gasteiger partial charge in [-0.1, -0.05) is 6.92 Å². The highest BCUT2D eigenvalue weighted by molar-refractivity contribution is 5.76. The van der Waals surface area contributed by atoms with E-state index in [0.29, 0.717) is 12.3 Å². The third-order valence-corrected chi connectivity index (χ3v) is 4.50. The van der Waals surface area contributed by atoms with Crippen molar-refractivity contribution in [3.63, 3.8) is 0 Å².